The van der Waals surface area contributed by atoms with Crippen LogP contribution in [0.15, 0.2) is 36.4 Å². The number of hydrogen-bond donors (Lipinski definition) is 0. The lowest BCUT2D eigenvalue weighted by Crippen LogP contribution is -2.38. The Bertz CT molecular complexity index is 722. The van der Waals surface area contributed by atoms with E-state index in [0.29, 0.717) is 11.8 Å². The summed E-state index contributed by atoms with van der Waals surface area (Å²) >= 11 is 0. The molecule has 1 heterocycles. The van der Waals surface area contributed by atoms with Crippen molar-refractivity contribution >= 4 is 12.0 Å². The van der Waals surface area contributed by atoms with E-state index in [2.05, 4.69) is 32.6 Å². The summed E-state index contributed by atoms with van der Waals surface area (Å²) in [6.07, 6.45) is 17.1. The van der Waals surface area contributed by atoms with Gasteiger partial charge in [0, 0.05) is 19.2 Å². The summed E-state index contributed by atoms with van der Waals surface area (Å²) in [7, 11) is 0. The van der Waals surface area contributed by atoms with Crippen LogP contribution in [0.25, 0.3) is 6.08 Å². The van der Waals surface area contributed by atoms with Gasteiger partial charge in [0.15, 0.2) is 11.5 Å². The molecule has 0 aromatic heterocycles. The standard InChI is InChI=1S/C28H43NO3/c1-5-9-13-23(7-3)20-29(21-24(8-4)14-10-6-2)28(30)16-12-11-15-25-17-18-26-27(19-25)32-22-31-26/h11-12,15-19,23-24H,5-10,13-14,20-22H2,1-4H3/b15-11+,16-12+. The fourth-order valence-corrected chi connectivity index (χ4v) is 4.14. The molecule has 0 spiro atoms. The Hall–Kier alpha value is -2.23. The van der Waals surface area contributed by atoms with Crippen LogP contribution >= 0.6 is 0 Å². The molecule has 0 N–H and O–H groups in total. The van der Waals surface area contributed by atoms with Crippen LogP contribution in [0.4, 0.5) is 0 Å². The van der Waals surface area contributed by atoms with Gasteiger partial charge in [-0.05, 0) is 42.4 Å². The minimum Gasteiger partial charge on any atom is -0.454 e. The van der Waals surface area contributed by atoms with Crippen molar-refractivity contribution in [1.82, 2.24) is 4.90 Å². The predicted molar refractivity (Wildman–Crippen MR) is 134 cm³/mol. The number of ether oxygens (including phenoxy) is 2. The lowest BCUT2D eigenvalue weighted by molar-refractivity contribution is -0.127. The van der Waals surface area contributed by atoms with Crippen molar-refractivity contribution in [3.8, 4) is 11.5 Å². The van der Waals surface area contributed by atoms with Gasteiger partial charge in [-0.25, -0.2) is 0 Å². The molecule has 1 aliphatic heterocycles. The first-order valence-corrected chi connectivity index (χ1v) is 12.6. The largest absolute Gasteiger partial charge is 0.454 e. The van der Waals surface area contributed by atoms with Gasteiger partial charge < -0.3 is 14.4 Å². The number of unbranched alkanes of at least 4 members (excludes halogenated alkanes) is 2. The number of fused-ring (bicyclic) bond motifs is 1. The van der Waals surface area contributed by atoms with Gasteiger partial charge in [-0.3, -0.25) is 4.79 Å². The maximum absolute atomic E-state index is 13.1. The zero-order valence-electron chi connectivity index (χ0n) is 20.6. The van der Waals surface area contributed by atoms with E-state index in [1.165, 1.54) is 38.5 Å². The quantitative estimate of drug-likeness (QED) is 0.213. The number of amides is 1. The van der Waals surface area contributed by atoms with Gasteiger partial charge in [0.05, 0.1) is 0 Å². The fourth-order valence-electron chi connectivity index (χ4n) is 4.14. The first-order chi connectivity index (χ1) is 15.6. The van der Waals surface area contributed by atoms with Gasteiger partial charge in [-0.1, -0.05) is 90.5 Å². The van der Waals surface area contributed by atoms with Crippen molar-refractivity contribution in [3.05, 3.63) is 42.0 Å². The maximum atomic E-state index is 13.1. The van der Waals surface area contributed by atoms with E-state index in [1.54, 1.807) is 6.08 Å². The summed E-state index contributed by atoms with van der Waals surface area (Å²) in [5.74, 6) is 2.85. The van der Waals surface area contributed by atoms with E-state index in [4.69, 9.17) is 9.47 Å². The molecule has 1 aliphatic rings. The van der Waals surface area contributed by atoms with Crippen LogP contribution in [0.5, 0.6) is 11.5 Å². The molecule has 0 bridgehead atoms. The third-order valence-corrected chi connectivity index (χ3v) is 6.39. The molecule has 2 rings (SSSR count). The van der Waals surface area contributed by atoms with E-state index < -0.39 is 0 Å². The van der Waals surface area contributed by atoms with Crippen LogP contribution in [0.1, 0.15) is 84.6 Å². The highest BCUT2D eigenvalue weighted by Gasteiger charge is 2.19. The monoisotopic (exact) mass is 441 g/mol. The molecule has 2 atom stereocenters. The second kappa shape index (κ2) is 14.8. The van der Waals surface area contributed by atoms with Crippen molar-refractivity contribution in [1.29, 1.82) is 0 Å². The van der Waals surface area contributed by atoms with E-state index in [-0.39, 0.29) is 12.7 Å². The number of carbonyl (C=O) groups is 1. The maximum Gasteiger partial charge on any atom is 0.246 e. The van der Waals surface area contributed by atoms with E-state index in [1.807, 2.05) is 36.4 Å². The lowest BCUT2D eigenvalue weighted by Gasteiger charge is -2.30. The molecular weight excluding hydrogens is 398 g/mol. The fraction of sp³-hybridized carbons (Fsp3) is 0.607. The van der Waals surface area contributed by atoms with Gasteiger partial charge in [-0.15, -0.1) is 0 Å². The molecule has 0 fully saturated rings. The second-order valence-electron chi connectivity index (χ2n) is 8.91. The number of allylic oxidation sites excluding steroid dienone is 2. The molecule has 1 aromatic carbocycles. The van der Waals surface area contributed by atoms with Crippen LogP contribution in [-0.4, -0.2) is 30.7 Å². The van der Waals surface area contributed by atoms with Gasteiger partial charge in [0.1, 0.15) is 0 Å². The molecule has 1 aromatic rings. The van der Waals surface area contributed by atoms with Crippen molar-refractivity contribution in [2.75, 3.05) is 19.9 Å². The summed E-state index contributed by atoms with van der Waals surface area (Å²) < 4.78 is 10.8. The summed E-state index contributed by atoms with van der Waals surface area (Å²) in [6.45, 7) is 11.0. The van der Waals surface area contributed by atoms with Crippen LogP contribution < -0.4 is 9.47 Å². The molecule has 2 unspecified atom stereocenters. The topological polar surface area (TPSA) is 38.8 Å². The molecule has 32 heavy (non-hydrogen) atoms. The summed E-state index contributed by atoms with van der Waals surface area (Å²) in [5, 5.41) is 0. The average molecular weight is 442 g/mol. The Labute approximate surface area is 195 Å². The van der Waals surface area contributed by atoms with E-state index in [9.17, 15) is 4.79 Å². The Balaban J connectivity index is 2.02. The lowest BCUT2D eigenvalue weighted by atomic mass is 9.95. The van der Waals surface area contributed by atoms with Gasteiger partial charge in [0.2, 0.25) is 12.7 Å². The highest BCUT2D eigenvalue weighted by atomic mass is 16.7. The van der Waals surface area contributed by atoms with Crippen LogP contribution in [0.2, 0.25) is 0 Å². The highest BCUT2D eigenvalue weighted by molar-refractivity contribution is 5.88. The molecule has 4 heteroatoms. The van der Waals surface area contributed by atoms with Gasteiger partial charge >= 0.3 is 0 Å². The number of rotatable bonds is 15. The highest BCUT2D eigenvalue weighted by Crippen LogP contribution is 2.32. The summed E-state index contributed by atoms with van der Waals surface area (Å²) in [4.78, 5) is 15.2. The van der Waals surface area contributed by atoms with Crippen molar-refractivity contribution in [3.63, 3.8) is 0 Å². The molecular formula is C28H43NO3. The summed E-state index contributed by atoms with van der Waals surface area (Å²) in [6, 6.07) is 5.87. The Morgan fingerprint density at radius 3 is 2.16 bits per heavy atom. The van der Waals surface area contributed by atoms with Crippen molar-refractivity contribution in [2.45, 2.75) is 79.1 Å². The Morgan fingerprint density at radius 2 is 1.56 bits per heavy atom. The number of nitrogens with zero attached hydrogens (tertiary/aromatic N) is 1. The van der Waals surface area contributed by atoms with Crippen LogP contribution in [-0.2, 0) is 4.79 Å². The normalized spacial score (nSPS) is 14.9. The molecule has 0 saturated heterocycles. The third kappa shape index (κ3) is 8.72. The van der Waals surface area contributed by atoms with Crippen molar-refractivity contribution in [2.24, 2.45) is 11.8 Å². The average Bonchev–Trinajstić information content (AvgIpc) is 3.28. The first kappa shape index (κ1) is 26.0. The molecule has 0 saturated carbocycles. The second-order valence-corrected chi connectivity index (χ2v) is 8.91. The minimum atomic E-state index is 0.130. The number of carbonyl (C=O) groups excluding carboxylic acids is 1. The van der Waals surface area contributed by atoms with Crippen LogP contribution in [0.3, 0.4) is 0 Å². The van der Waals surface area contributed by atoms with Crippen LogP contribution in [0, 0.1) is 11.8 Å². The van der Waals surface area contributed by atoms with Gasteiger partial charge in [0.25, 0.3) is 0 Å². The van der Waals surface area contributed by atoms with E-state index >= 15 is 0 Å². The SMILES string of the molecule is CCCCC(CC)CN(CC(CC)CCCC)C(=O)/C=C/C=C/c1ccc2c(c1)OCO2. The smallest absolute Gasteiger partial charge is 0.246 e. The predicted octanol–water partition coefficient (Wildman–Crippen LogP) is 7.25. The third-order valence-electron chi connectivity index (χ3n) is 6.39. The Morgan fingerprint density at radius 1 is 0.938 bits per heavy atom. The molecule has 4 nitrogen and oxygen atoms in total. The zero-order valence-corrected chi connectivity index (χ0v) is 20.6. The van der Waals surface area contributed by atoms with Gasteiger partial charge in [-0.2, -0.15) is 0 Å². The summed E-state index contributed by atoms with van der Waals surface area (Å²) in [5.41, 5.74) is 1.03. The Kier molecular flexibility index (Phi) is 12.0. The first-order valence-electron chi connectivity index (χ1n) is 12.6. The molecule has 0 aliphatic carbocycles. The molecule has 0 radical (unpaired) electrons. The minimum absolute atomic E-state index is 0.130. The van der Waals surface area contributed by atoms with E-state index in [0.717, 1.165) is 43.0 Å². The number of hydrogen-bond acceptors (Lipinski definition) is 3. The molecule has 1 amide bonds. The van der Waals surface area contributed by atoms with Crippen molar-refractivity contribution < 1.29 is 14.3 Å². The zero-order chi connectivity index (χ0) is 23.2. The molecule has 178 valence electrons. The number of benzene rings is 1.